The molecule has 15 heteroatoms. The first-order valence-corrected chi connectivity index (χ1v) is 8.91. The Hall–Kier alpha value is -3.59. The minimum atomic E-state index is -5.17. The summed E-state index contributed by atoms with van der Waals surface area (Å²) in [4.78, 5) is 56.2. The van der Waals surface area contributed by atoms with E-state index in [9.17, 15) is 47.6 Å². The molecule has 0 fully saturated rings. The van der Waals surface area contributed by atoms with Gasteiger partial charge in [-0.1, -0.05) is 12.1 Å². The third-order valence-corrected chi connectivity index (χ3v) is 3.95. The number of nitrogens with one attached hydrogen (secondary N) is 3. The van der Waals surface area contributed by atoms with E-state index in [0.717, 1.165) is 0 Å². The van der Waals surface area contributed by atoms with Gasteiger partial charge in [-0.15, -0.1) is 0 Å². The number of nitro groups is 1. The molecule has 6 N–H and O–H groups in total. The molecule has 0 spiro atoms. The van der Waals surface area contributed by atoms with Gasteiger partial charge in [-0.05, 0) is 5.56 Å². The lowest BCUT2D eigenvalue weighted by Crippen LogP contribution is -2.52. The summed E-state index contributed by atoms with van der Waals surface area (Å²) < 4.78 is 36.1. The van der Waals surface area contributed by atoms with Crippen LogP contribution in [0, 0.1) is 10.1 Å². The van der Waals surface area contributed by atoms with Crippen LogP contribution in [0.1, 0.15) is 5.56 Å². The Morgan fingerprint density at radius 3 is 2.19 bits per heavy atom. The zero-order chi connectivity index (χ0) is 24.5. The summed E-state index contributed by atoms with van der Waals surface area (Å²) in [7, 11) is 0. The molecule has 1 aromatic carbocycles. The second-order valence-corrected chi connectivity index (χ2v) is 6.36. The fourth-order valence-electron chi connectivity index (χ4n) is 2.24. The van der Waals surface area contributed by atoms with Crippen molar-refractivity contribution < 1.29 is 42.4 Å². The van der Waals surface area contributed by atoms with Gasteiger partial charge in [-0.25, -0.2) is 0 Å². The van der Waals surface area contributed by atoms with E-state index >= 15 is 0 Å². The van der Waals surface area contributed by atoms with E-state index < -0.39 is 66.4 Å². The number of ketones is 1. The number of carbonyl (C=O) groups is 4. The molecule has 2 atom stereocenters. The number of nitro benzene ring substituents is 1. The van der Waals surface area contributed by atoms with Crippen LogP contribution >= 0.6 is 0 Å². The molecule has 0 heterocycles. The van der Waals surface area contributed by atoms with Gasteiger partial charge in [0, 0.05) is 25.1 Å². The maximum atomic E-state index is 12.1. The van der Waals surface area contributed by atoms with Crippen molar-refractivity contribution in [1.29, 1.82) is 0 Å². The van der Waals surface area contributed by atoms with Crippen molar-refractivity contribution in [3.63, 3.8) is 0 Å². The molecule has 32 heavy (non-hydrogen) atoms. The molecule has 0 aliphatic rings. The molecule has 0 saturated carbocycles. The molecule has 0 aliphatic carbocycles. The Balaban J connectivity index is 2.51. The van der Waals surface area contributed by atoms with E-state index in [0.29, 0.717) is 5.56 Å². The van der Waals surface area contributed by atoms with Crippen molar-refractivity contribution in [2.75, 3.05) is 19.6 Å². The van der Waals surface area contributed by atoms with Crippen LogP contribution in [-0.2, 0) is 25.6 Å². The van der Waals surface area contributed by atoms with Crippen molar-refractivity contribution in [2.45, 2.75) is 24.7 Å². The van der Waals surface area contributed by atoms with Crippen LogP contribution in [0.2, 0.25) is 0 Å². The summed E-state index contributed by atoms with van der Waals surface area (Å²) in [6.07, 6.45) is -7.00. The van der Waals surface area contributed by atoms with E-state index in [1.807, 2.05) is 5.32 Å². The SMILES string of the molecule is NCC(NC(=O)C(O)Cc1ccc([N+](=O)[O-])cc1)C(=O)CNC(=O)CNC(=O)C(F)(F)F. The molecule has 176 valence electrons. The highest BCUT2D eigenvalue weighted by atomic mass is 19.4. The van der Waals surface area contributed by atoms with Crippen molar-refractivity contribution in [1.82, 2.24) is 16.0 Å². The van der Waals surface area contributed by atoms with Crippen LogP contribution in [0.15, 0.2) is 24.3 Å². The van der Waals surface area contributed by atoms with Gasteiger partial charge in [0.1, 0.15) is 12.1 Å². The van der Waals surface area contributed by atoms with Crippen molar-refractivity contribution in [3.8, 4) is 0 Å². The summed E-state index contributed by atoms with van der Waals surface area (Å²) in [6.45, 7) is -2.14. The minimum Gasteiger partial charge on any atom is -0.383 e. The van der Waals surface area contributed by atoms with Gasteiger partial charge in [0.25, 0.3) is 5.69 Å². The predicted molar refractivity (Wildman–Crippen MR) is 101 cm³/mol. The fraction of sp³-hybridized carbons (Fsp3) is 0.412. The number of nitrogens with two attached hydrogens (primary N) is 1. The van der Waals surface area contributed by atoms with Gasteiger partial charge >= 0.3 is 12.1 Å². The van der Waals surface area contributed by atoms with E-state index in [1.54, 1.807) is 0 Å². The van der Waals surface area contributed by atoms with Gasteiger partial charge in [0.15, 0.2) is 5.78 Å². The molecule has 1 aromatic rings. The maximum Gasteiger partial charge on any atom is 0.471 e. The summed E-state index contributed by atoms with van der Waals surface area (Å²) in [5.41, 5.74) is 5.62. The highest BCUT2D eigenvalue weighted by molar-refractivity contribution is 5.94. The Kier molecular flexibility index (Phi) is 9.68. The van der Waals surface area contributed by atoms with Crippen LogP contribution in [0.4, 0.5) is 18.9 Å². The lowest BCUT2D eigenvalue weighted by molar-refractivity contribution is -0.384. The number of hydrogen-bond acceptors (Lipinski definition) is 8. The predicted octanol–water partition coefficient (Wildman–Crippen LogP) is -1.69. The molecule has 12 nitrogen and oxygen atoms in total. The van der Waals surface area contributed by atoms with Gasteiger partial charge in [-0.3, -0.25) is 29.3 Å². The topological polar surface area (TPSA) is 194 Å². The van der Waals surface area contributed by atoms with Gasteiger partial charge in [-0.2, -0.15) is 13.2 Å². The summed E-state index contributed by atoms with van der Waals surface area (Å²) in [6, 6.07) is 3.73. The van der Waals surface area contributed by atoms with E-state index in [1.165, 1.54) is 29.6 Å². The van der Waals surface area contributed by atoms with Crippen molar-refractivity contribution in [2.24, 2.45) is 5.73 Å². The number of halogens is 3. The molecule has 3 amide bonds. The number of aliphatic hydroxyl groups is 1. The number of carbonyl (C=O) groups excluding carboxylic acids is 4. The molecule has 0 aliphatic heterocycles. The Bertz CT molecular complexity index is 861. The zero-order valence-electron chi connectivity index (χ0n) is 16.3. The lowest BCUT2D eigenvalue weighted by Gasteiger charge is -2.18. The molecule has 1 rings (SSSR count). The van der Waals surface area contributed by atoms with Crippen LogP contribution < -0.4 is 21.7 Å². The third kappa shape index (κ3) is 8.65. The van der Waals surface area contributed by atoms with Gasteiger partial charge in [0.05, 0.1) is 18.0 Å². The average molecular weight is 463 g/mol. The minimum absolute atomic E-state index is 0.179. The van der Waals surface area contributed by atoms with Gasteiger partial charge in [0.2, 0.25) is 11.8 Å². The molecule has 0 radical (unpaired) electrons. The Morgan fingerprint density at radius 1 is 1.09 bits per heavy atom. The number of hydrogen-bond donors (Lipinski definition) is 5. The number of Topliss-reactive ketones (excluding diaryl/α,β-unsaturated/α-hetero) is 1. The number of aliphatic hydroxyl groups excluding tert-OH is 1. The zero-order valence-corrected chi connectivity index (χ0v) is 16.3. The van der Waals surface area contributed by atoms with Crippen LogP contribution in [-0.4, -0.2) is 71.5 Å². The quantitative estimate of drug-likeness (QED) is 0.189. The summed E-state index contributed by atoms with van der Waals surface area (Å²) in [5.74, 6) is -5.20. The van der Waals surface area contributed by atoms with E-state index in [4.69, 9.17) is 5.73 Å². The number of amides is 3. The van der Waals surface area contributed by atoms with Gasteiger partial charge < -0.3 is 26.8 Å². The first kappa shape index (κ1) is 26.4. The first-order chi connectivity index (χ1) is 14.8. The Morgan fingerprint density at radius 2 is 1.69 bits per heavy atom. The second kappa shape index (κ2) is 11.7. The van der Waals surface area contributed by atoms with Crippen LogP contribution in [0.5, 0.6) is 0 Å². The van der Waals surface area contributed by atoms with Crippen LogP contribution in [0.25, 0.3) is 0 Å². The number of non-ortho nitro benzene ring substituents is 1. The number of nitrogens with zero attached hydrogens (tertiary/aromatic N) is 1. The standard InChI is InChI=1S/C17H20F3N5O7/c18-17(19,20)16(30)23-8-14(28)22-7-13(27)11(6-21)24-15(29)12(26)5-9-1-3-10(4-2-9)25(31)32/h1-4,11-12,26H,5-8,21H2,(H,22,28)(H,23,30)(H,24,29). The number of rotatable bonds is 11. The van der Waals surface area contributed by atoms with Crippen molar-refractivity contribution in [3.05, 3.63) is 39.9 Å². The smallest absolute Gasteiger partial charge is 0.383 e. The highest BCUT2D eigenvalue weighted by Gasteiger charge is 2.38. The summed E-state index contributed by atoms with van der Waals surface area (Å²) in [5, 5.41) is 26.1. The molecule has 0 bridgehead atoms. The molecule has 0 aromatic heterocycles. The van der Waals surface area contributed by atoms with E-state index in [-0.39, 0.29) is 12.1 Å². The maximum absolute atomic E-state index is 12.1. The van der Waals surface area contributed by atoms with Crippen molar-refractivity contribution >= 4 is 29.2 Å². The number of benzene rings is 1. The molecule has 2 unspecified atom stereocenters. The molecule has 0 saturated heterocycles. The average Bonchev–Trinajstić information content (AvgIpc) is 2.73. The largest absolute Gasteiger partial charge is 0.471 e. The first-order valence-electron chi connectivity index (χ1n) is 8.91. The molecular formula is C17H20F3N5O7. The molecular weight excluding hydrogens is 443 g/mol. The highest BCUT2D eigenvalue weighted by Crippen LogP contribution is 2.14. The van der Waals surface area contributed by atoms with Crippen LogP contribution in [0.3, 0.4) is 0 Å². The third-order valence-electron chi connectivity index (χ3n) is 3.95. The second-order valence-electron chi connectivity index (χ2n) is 6.36. The normalized spacial score (nSPS) is 12.9. The fourth-order valence-corrected chi connectivity index (χ4v) is 2.24. The lowest BCUT2D eigenvalue weighted by atomic mass is 10.1. The Labute approximate surface area is 178 Å². The summed E-state index contributed by atoms with van der Waals surface area (Å²) >= 11 is 0. The monoisotopic (exact) mass is 463 g/mol. The van der Waals surface area contributed by atoms with E-state index in [2.05, 4.69) is 5.32 Å². The number of alkyl halides is 3.